The van der Waals surface area contributed by atoms with Crippen molar-refractivity contribution in [3.05, 3.63) is 23.7 Å². The second-order valence-electron chi connectivity index (χ2n) is 5.53. The Morgan fingerprint density at radius 2 is 2.05 bits per heavy atom. The van der Waals surface area contributed by atoms with Gasteiger partial charge in [0.05, 0.1) is 12.7 Å². The Morgan fingerprint density at radius 1 is 1.32 bits per heavy atom. The highest BCUT2D eigenvalue weighted by molar-refractivity contribution is 5.91. The smallest absolute Gasteiger partial charge is 0.289 e. The van der Waals surface area contributed by atoms with Gasteiger partial charge in [0.25, 0.3) is 5.91 Å². The summed E-state index contributed by atoms with van der Waals surface area (Å²) in [5, 5.41) is 9.85. The molecule has 22 heavy (non-hydrogen) atoms. The largest absolute Gasteiger partial charge is 0.456 e. The number of aryl methyl sites for hydroxylation is 1. The minimum Gasteiger partial charge on any atom is -0.456 e. The summed E-state index contributed by atoms with van der Waals surface area (Å²) >= 11 is 0. The van der Waals surface area contributed by atoms with Crippen LogP contribution in [0.3, 0.4) is 0 Å². The maximum absolute atomic E-state index is 12.3. The van der Waals surface area contributed by atoms with E-state index in [9.17, 15) is 9.90 Å². The van der Waals surface area contributed by atoms with Gasteiger partial charge in [-0.15, -0.1) is 0 Å². The average Bonchev–Trinajstić information content (AvgIpc) is 3.02. The Hall–Kier alpha value is -1.37. The van der Waals surface area contributed by atoms with E-state index in [1.807, 2.05) is 24.8 Å². The van der Waals surface area contributed by atoms with Gasteiger partial charge in [0.1, 0.15) is 5.76 Å². The van der Waals surface area contributed by atoms with Crippen LogP contribution in [0.5, 0.6) is 0 Å². The molecule has 0 aromatic carbocycles. The lowest BCUT2D eigenvalue weighted by molar-refractivity contribution is 0.0107. The van der Waals surface area contributed by atoms with Crippen LogP contribution in [0.25, 0.3) is 0 Å². The number of aliphatic hydroxyl groups excluding tert-OH is 1. The number of carbonyl (C=O) groups excluding carboxylic acids is 1. The van der Waals surface area contributed by atoms with Crippen molar-refractivity contribution in [2.24, 2.45) is 0 Å². The molecular weight excluding hydrogens is 284 g/mol. The number of carbonyl (C=O) groups is 1. The van der Waals surface area contributed by atoms with Crippen LogP contribution in [-0.4, -0.2) is 72.9 Å². The highest BCUT2D eigenvalue weighted by Crippen LogP contribution is 2.13. The molecule has 1 N–H and O–H groups in total. The second kappa shape index (κ2) is 8.31. The maximum Gasteiger partial charge on any atom is 0.289 e. The van der Waals surface area contributed by atoms with Crippen molar-refractivity contribution in [1.29, 1.82) is 0 Å². The molecule has 0 aliphatic carbocycles. The third-order valence-corrected chi connectivity index (χ3v) is 3.86. The number of hydrogen-bond acceptors (Lipinski definition) is 5. The van der Waals surface area contributed by atoms with E-state index in [1.165, 1.54) is 0 Å². The van der Waals surface area contributed by atoms with Gasteiger partial charge in [0.15, 0.2) is 5.76 Å². The van der Waals surface area contributed by atoms with Crippen molar-refractivity contribution in [2.45, 2.75) is 26.4 Å². The lowest BCUT2D eigenvalue weighted by Gasteiger charge is -2.35. The Balaban J connectivity index is 1.77. The van der Waals surface area contributed by atoms with Crippen LogP contribution < -0.4 is 0 Å². The van der Waals surface area contributed by atoms with Gasteiger partial charge in [0, 0.05) is 45.8 Å². The zero-order valence-corrected chi connectivity index (χ0v) is 13.5. The lowest BCUT2D eigenvalue weighted by Crippen LogP contribution is -2.50. The number of rotatable bonds is 7. The fourth-order valence-electron chi connectivity index (χ4n) is 2.58. The summed E-state index contributed by atoms with van der Waals surface area (Å²) in [6.07, 6.45) is 0.318. The summed E-state index contributed by atoms with van der Waals surface area (Å²) in [6, 6.07) is 3.60. The quantitative estimate of drug-likeness (QED) is 0.814. The van der Waals surface area contributed by atoms with Gasteiger partial charge in [-0.25, -0.2) is 0 Å². The van der Waals surface area contributed by atoms with Gasteiger partial charge in [-0.1, -0.05) is 6.92 Å². The molecule has 1 saturated heterocycles. The van der Waals surface area contributed by atoms with Crippen LogP contribution in [0.1, 0.15) is 30.2 Å². The third kappa shape index (κ3) is 4.56. The van der Waals surface area contributed by atoms with E-state index in [2.05, 4.69) is 4.90 Å². The van der Waals surface area contributed by atoms with Crippen LogP contribution >= 0.6 is 0 Å². The molecule has 0 spiro atoms. The second-order valence-corrected chi connectivity index (χ2v) is 5.53. The molecule has 6 heteroatoms. The fourth-order valence-corrected chi connectivity index (χ4v) is 2.58. The van der Waals surface area contributed by atoms with Crippen molar-refractivity contribution in [2.75, 3.05) is 45.9 Å². The standard InChI is InChI=1S/C16H26N2O4/c1-3-14-5-6-15(22-14)16(20)18-9-7-17(8-10-18)11-13(19)12-21-4-2/h5-6,13,19H,3-4,7-12H2,1-2H3/t13-/m0/s1. The monoisotopic (exact) mass is 310 g/mol. The van der Waals surface area contributed by atoms with E-state index in [1.54, 1.807) is 6.07 Å². The molecule has 2 rings (SSSR count). The molecule has 1 aliphatic rings. The Morgan fingerprint density at radius 3 is 2.64 bits per heavy atom. The molecule has 1 fully saturated rings. The van der Waals surface area contributed by atoms with Gasteiger partial charge in [-0.2, -0.15) is 0 Å². The summed E-state index contributed by atoms with van der Waals surface area (Å²) in [6.45, 7) is 8.30. The van der Waals surface area contributed by atoms with Crippen LogP contribution in [0.2, 0.25) is 0 Å². The van der Waals surface area contributed by atoms with Crippen molar-refractivity contribution >= 4 is 5.91 Å². The first kappa shape index (κ1) is 17.0. The summed E-state index contributed by atoms with van der Waals surface area (Å²) in [7, 11) is 0. The first-order chi connectivity index (χ1) is 10.6. The normalized spacial score (nSPS) is 17.7. The first-order valence-corrected chi connectivity index (χ1v) is 8.00. The number of ether oxygens (including phenoxy) is 1. The highest BCUT2D eigenvalue weighted by atomic mass is 16.5. The lowest BCUT2D eigenvalue weighted by atomic mass is 10.2. The molecular formula is C16H26N2O4. The Kier molecular flexibility index (Phi) is 6.42. The third-order valence-electron chi connectivity index (χ3n) is 3.86. The molecule has 6 nitrogen and oxygen atoms in total. The van der Waals surface area contributed by atoms with Crippen molar-refractivity contribution in [3.8, 4) is 0 Å². The molecule has 1 amide bonds. The Bertz CT molecular complexity index is 466. The van der Waals surface area contributed by atoms with Crippen LogP contribution in [-0.2, 0) is 11.2 Å². The number of nitrogens with zero attached hydrogens (tertiary/aromatic N) is 2. The van der Waals surface area contributed by atoms with E-state index < -0.39 is 6.10 Å². The minimum atomic E-state index is -0.473. The van der Waals surface area contributed by atoms with Crippen LogP contribution in [0.4, 0.5) is 0 Å². The number of amides is 1. The van der Waals surface area contributed by atoms with E-state index in [4.69, 9.17) is 9.15 Å². The van der Waals surface area contributed by atoms with Gasteiger partial charge < -0.3 is 19.2 Å². The van der Waals surface area contributed by atoms with E-state index in [0.717, 1.165) is 25.3 Å². The number of hydrogen-bond donors (Lipinski definition) is 1. The topological polar surface area (TPSA) is 66.2 Å². The van der Waals surface area contributed by atoms with Gasteiger partial charge in [-0.3, -0.25) is 9.69 Å². The zero-order valence-electron chi connectivity index (χ0n) is 13.5. The summed E-state index contributed by atoms with van der Waals surface area (Å²) in [4.78, 5) is 16.3. The SMILES string of the molecule is CCOC[C@@H](O)CN1CCN(C(=O)c2ccc(CC)o2)CC1. The predicted molar refractivity (Wildman–Crippen MR) is 82.9 cm³/mol. The molecule has 1 atom stereocenters. The molecule has 0 saturated carbocycles. The number of furan rings is 1. The maximum atomic E-state index is 12.3. The number of aliphatic hydroxyl groups is 1. The predicted octanol–water partition coefficient (Wildman–Crippen LogP) is 0.997. The van der Waals surface area contributed by atoms with E-state index >= 15 is 0 Å². The summed E-state index contributed by atoms with van der Waals surface area (Å²) < 4.78 is 10.7. The molecule has 124 valence electrons. The number of piperazine rings is 1. The molecule has 0 radical (unpaired) electrons. The average molecular weight is 310 g/mol. The van der Waals surface area contributed by atoms with Crippen molar-refractivity contribution in [3.63, 3.8) is 0 Å². The van der Waals surface area contributed by atoms with Gasteiger partial charge >= 0.3 is 0 Å². The minimum absolute atomic E-state index is 0.0470. The van der Waals surface area contributed by atoms with Crippen molar-refractivity contribution in [1.82, 2.24) is 9.80 Å². The summed E-state index contributed by atoms with van der Waals surface area (Å²) in [5.41, 5.74) is 0. The molecule has 1 aromatic heterocycles. The van der Waals surface area contributed by atoms with Gasteiger partial charge in [-0.05, 0) is 19.1 Å². The highest BCUT2D eigenvalue weighted by Gasteiger charge is 2.25. The van der Waals surface area contributed by atoms with Gasteiger partial charge in [0.2, 0.25) is 0 Å². The fraction of sp³-hybridized carbons (Fsp3) is 0.688. The van der Waals surface area contributed by atoms with Crippen LogP contribution in [0.15, 0.2) is 16.5 Å². The van der Waals surface area contributed by atoms with Crippen LogP contribution in [0, 0.1) is 0 Å². The summed E-state index contributed by atoms with van der Waals surface area (Å²) in [5.74, 6) is 1.21. The van der Waals surface area contributed by atoms with E-state index in [0.29, 0.717) is 38.6 Å². The molecule has 0 bridgehead atoms. The Labute approximate surface area is 131 Å². The molecule has 1 aromatic rings. The first-order valence-electron chi connectivity index (χ1n) is 8.00. The molecule has 1 aliphatic heterocycles. The zero-order chi connectivity index (χ0) is 15.9. The molecule has 0 unspecified atom stereocenters. The van der Waals surface area contributed by atoms with Crippen molar-refractivity contribution < 1.29 is 19.1 Å². The number of β-amino-alcohol motifs (C(OH)–C–C–N with tert-alkyl or cyclic N) is 1. The van der Waals surface area contributed by atoms with E-state index in [-0.39, 0.29) is 5.91 Å². The molecule has 2 heterocycles.